The third-order valence-electron chi connectivity index (χ3n) is 1.88. The van der Waals surface area contributed by atoms with E-state index in [9.17, 15) is 4.79 Å². The Kier molecular flexibility index (Phi) is 5.26. The lowest BCUT2D eigenvalue weighted by Gasteiger charge is -2.19. The summed E-state index contributed by atoms with van der Waals surface area (Å²) in [5.74, 6) is 1.35. The molecule has 0 amide bonds. The second-order valence-corrected chi connectivity index (χ2v) is 5.86. The van der Waals surface area contributed by atoms with Crippen LogP contribution < -0.4 is 0 Å². The van der Waals surface area contributed by atoms with Crippen LogP contribution in [0.4, 0.5) is 0 Å². The molecule has 0 aliphatic rings. The summed E-state index contributed by atoms with van der Waals surface area (Å²) in [5.41, 5.74) is -0.122. The summed E-state index contributed by atoms with van der Waals surface area (Å²) in [6, 6.07) is 0. The maximum absolute atomic E-state index is 11.0. The Balaban J connectivity index is 3.64. The van der Waals surface area contributed by atoms with E-state index in [4.69, 9.17) is 0 Å². The minimum Gasteiger partial charge on any atom is -0.299 e. The highest BCUT2D eigenvalue weighted by Crippen LogP contribution is 2.27. The molecule has 0 saturated heterocycles. The average molecular weight is 192 g/mol. The van der Waals surface area contributed by atoms with Crippen LogP contribution in [-0.2, 0) is 4.79 Å². The quantitative estimate of drug-likeness (QED) is 0.492. The predicted octanol–water partition coefficient (Wildman–Crippen LogP) is 3.00. The third-order valence-corrected chi connectivity index (χ3v) is 3.69. The Bertz CT molecular complexity index is 132. The standard InChI is InChI=1S/C8H16OS2/c1-7(9)8(2,3)5-6-11-10-4/h5-6H2,1-4H3. The maximum Gasteiger partial charge on any atom is 0.135 e. The van der Waals surface area contributed by atoms with E-state index in [-0.39, 0.29) is 5.41 Å². The van der Waals surface area contributed by atoms with Crippen LogP contribution in [0.5, 0.6) is 0 Å². The highest BCUT2D eigenvalue weighted by molar-refractivity contribution is 8.76. The van der Waals surface area contributed by atoms with Gasteiger partial charge in [0, 0.05) is 11.2 Å². The number of hydrogen-bond donors (Lipinski definition) is 0. The number of Topliss-reactive ketones (excluding diaryl/α,β-unsaturated/α-hetero) is 1. The number of carbonyl (C=O) groups excluding carboxylic acids is 1. The summed E-state index contributed by atoms with van der Waals surface area (Å²) in [4.78, 5) is 11.0. The molecule has 0 fully saturated rings. The molecule has 0 unspecified atom stereocenters. The Morgan fingerprint density at radius 1 is 1.45 bits per heavy atom. The molecule has 66 valence electrons. The first-order valence-corrected chi connectivity index (χ1v) is 6.40. The Labute approximate surface area is 77.1 Å². The fourth-order valence-corrected chi connectivity index (χ4v) is 2.07. The highest BCUT2D eigenvalue weighted by Gasteiger charge is 2.22. The Morgan fingerprint density at radius 3 is 2.36 bits per heavy atom. The fraction of sp³-hybridized carbons (Fsp3) is 0.875. The summed E-state index contributed by atoms with van der Waals surface area (Å²) in [5, 5.41) is 0. The van der Waals surface area contributed by atoms with Gasteiger partial charge in [-0.2, -0.15) is 0 Å². The van der Waals surface area contributed by atoms with E-state index in [1.807, 2.05) is 24.6 Å². The lowest BCUT2D eigenvalue weighted by atomic mass is 9.86. The third kappa shape index (κ3) is 4.75. The van der Waals surface area contributed by atoms with Crippen LogP contribution >= 0.6 is 21.6 Å². The monoisotopic (exact) mass is 192 g/mol. The largest absolute Gasteiger partial charge is 0.299 e. The molecule has 0 aliphatic heterocycles. The zero-order chi connectivity index (χ0) is 8.91. The molecule has 0 aromatic carbocycles. The second-order valence-electron chi connectivity index (χ2n) is 3.18. The minimum absolute atomic E-state index is 0.122. The van der Waals surface area contributed by atoms with Crippen LogP contribution in [0.3, 0.4) is 0 Å². The van der Waals surface area contributed by atoms with Gasteiger partial charge in [-0.15, -0.1) is 0 Å². The molecule has 0 spiro atoms. The first-order chi connectivity index (χ1) is 5.00. The van der Waals surface area contributed by atoms with Crippen molar-refractivity contribution in [3.8, 4) is 0 Å². The molecule has 0 aromatic heterocycles. The van der Waals surface area contributed by atoms with Crippen molar-refractivity contribution in [2.24, 2.45) is 5.41 Å². The molecule has 0 atom stereocenters. The first-order valence-electron chi connectivity index (χ1n) is 3.67. The Hall–Kier alpha value is 0.370. The van der Waals surface area contributed by atoms with Gasteiger partial charge in [0.15, 0.2) is 0 Å². The number of ketones is 1. The molecule has 0 rings (SSSR count). The first kappa shape index (κ1) is 11.4. The molecule has 3 heteroatoms. The molecule has 0 aromatic rings. The molecule has 0 saturated carbocycles. The van der Waals surface area contributed by atoms with Crippen molar-refractivity contribution >= 4 is 27.4 Å². The van der Waals surface area contributed by atoms with Gasteiger partial charge < -0.3 is 0 Å². The highest BCUT2D eigenvalue weighted by atomic mass is 33.1. The van der Waals surface area contributed by atoms with Crippen molar-refractivity contribution in [2.45, 2.75) is 27.2 Å². The summed E-state index contributed by atoms with van der Waals surface area (Å²) in [7, 11) is 3.58. The van der Waals surface area contributed by atoms with Gasteiger partial charge >= 0.3 is 0 Å². The van der Waals surface area contributed by atoms with Crippen molar-refractivity contribution in [2.75, 3.05) is 12.0 Å². The van der Waals surface area contributed by atoms with Gasteiger partial charge in [-0.3, -0.25) is 4.79 Å². The van der Waals surface area contributed by atoms with Crippen molar-refractivity contribution in [3.05, 3.63) is 0 Å². The van der Waals surface area contributed by atoms with Crippen LogP contribution in [0.2, 0.25) is 0 Å². The normalized spacial score (nSPS) is 11.6. The molecule has 1 nitrogen and oxygen atoms in total. The smallest absolute Gasteiger partial charge is 0.135 e. The van der Waals surface area contributed by atoms with E-state index < -0.39 is 0 Å². The predicted molar refractivity (Wildman–Crippen MR) is 55.1 cm³/mol. The maximum atomic E-state index is 11.0. The molecule has 0 N–H and O–H groups in total. The van der Waals surface area contributed by atoms with Gasteiger partial charge in [-0.1, -0.05) is 35.4 Å². The van der Waals surface area contributed by atoms with Crippen LogP contribution in [0, 0.1) is 5.41 Å². The number of rotatable bonds is 5. The zero-order valence-electron chi connectivity index (χ0n) is 7.64. The van der Waals surface area contributed by atoms with Crippen LogP contribution in [-0.4, -0.2) is 17.8 Å². The summed E-state index contributed by atoms with van der Waals surface area (Å²) in [6.07, 6.45) is 3.04. The topological polar surface area (TPSA) is 17.1 Å². The van der Waals surface area contributed by atoms with E-state index in [2.05, 4.69) is 6.26 Å². The lowest BCUT2D eigenvalue weighted by molar-refractivity contribution is -0.124. The van der Waals surface area contributed by atoms with Crippen LogP contribution in [0.15, 0.2) is 0 Å². The molecular weight excluding hydrogens is 176 g/mol. The summed E-state index contributed by atoms with van der Waals surface area (Å²) < 4.78 is 0. The zero-order valence-corrected chi connectivity index (χ0v) is 9.27. The number of hydrogen-bond acceptors (Lipinski definition) is 3. The molecule has 0 bridgehead atoms. The molecular formula is C8H16OS2. The van der Waals surface area contributed by atoms with Crippen LogP contribution in [0.25, 0.3) is 0 Å². The van der Waals surface area contributed by atoms with E-state index in [0.717, 1.165) is 12.2 Å². The molecule has 0 heterocycles. The van der Waals surface area contributed by atoms with Gasteiger partial charge in [0.2, 0.25) is 0 Å². The molecule has 11 heavy (non-hydrogen) atoms. The second kappa shape index (κ2) is 5.09. The minimum atomic E-state index is -0.122. The molecule has 0 radical (unpaired) electrons. The van der Waals surface area contributed by atoms with Gasteiger partial charge in [-0.05, 0) is 19.6 Å². The SMILES string of the molecule is CSSCCC(C)(C)C(C)=O. The van der Waals surface area contributed by atoms with Crippen molar-refractivity contribution in [1.82, 2.24) is 0 Å². The van der Waals surface area contributed by atoms with Gasteiger partial charge in [-0.25, -0.2) is 0 Å². The fourth-order valence-electron chi connectivity index (χ4n) is 0.556. The molecule has 0 aliphatic carbocycles. The average Bonchev–Trinajstić information content (AvgIpc) is 1.88. The van der Waals surface area contributed by atoms with Gasteiger partial charge in [0.1, 0.15) is 5.78 Å². The summed E-state index contributed by atoms with van der Waals surface area (Å²) in [6.45, 7) is 5.69. The van der Waals surface area contributed by atoms with E-state index in [1.54, 1.807) is 17.7 Å². The van der Waals surface area contributed by atoms with E-state index >= 15 is 0 Å². The number of carbonyl (C=O) groups is 1. The van der Waals surface area contributed by atoms with Crippen molar-refractivity contribution < 1.29 is 4.79 Å². The van der Waals surface area contributed by atoms with Crippen molar-refractivity contribution in [3.63, 3.8) is 0 Å². The lowest BCUT2D eigenvalue weighted by Crippen LogP contribution is -2.21. The van der Waals surface area contributed by atoms with Crippen LogP contribution in [0.1, 0.15) is 27.2 Å². The Morgan fingerprint density at radius 2 is 2.00 bits per heavy atom. The van der Waals surface area contributed by atoms with Gasteiger partial charge in [0.25, 0.3) is 0 Å². The van der Waals surface area contributed by atoms with Gasteiger partial charge in [0.05, 0.1) is 0 Å². The summed E-state index contributed by atoms with van der Waals surface area (Å²) >= 11 is 0. The van der Waals surface area contributed by atoms with E-state index in [1.165, 1.54) is 0 Å². The van der Waals surface area contributed by atoms with Crippen molar-refractivity contribution in [1.29, 1.82) is 0 Å². The van der Waals surface area contributed by atoms with E-state index in [0.29, 0.717) is 5.78 Å².